The summed E-state index contributed by atoms with van der Waals surface area (Å²) < 4.78 is 13.0. The summed E-state index contributed by atoms with van der Waals surface area (Å²) >= 11 is 0. The summed E-state index contributed by atoms with van der Waals surface area (Å²) in [5.41, 5.74) is 0.918. The van der Waals surface area contributed by atoms with Gasteiger partial charge in [-0.05, 0) is 61.9 Å². The van der Waals surface area contributed by atoms with E-state index in [2.05, 4.69) is 17.6 Å². The minimum atomic E-state index is -0.224. The van der Waals surface area contributed by atoms with E-state index >= 15 is 0 Å². The highest BCUT2D eigenvalue weighted by Crippen LogP contribution is 2.24. The number of benzene rings is 1. The predicted molar refractivity (Wildman–Crippen MR) is 89.7 cm³/mol. The van der Waals surface area contributed by atoms with Gasteiger partial charge in [-0.3, -0.25) is 4.79 Å². The fraction of sp³-hybridized carbons (Fsp3) is 0.588. The first-order valence-electron chi connectivity index (χ1n) is 7.87. The SMILES string of the molecule is CC(CC(=O)NCCc1cccc(F)c1)C1CCNCC1.Cl. The van der Waals surface area contributed by atoms with Gasteiger partial charge in [0.15, 0.2) is 0 Å². The average Bonchev–Trinajstić information content (AvgIpc) is 2.48. The topological polar surface area (TPSA) is 41.1 Å². The lowest BCUT2D eigenvalue weighted by molar-refractivity contribution is -0.122. The Bertz CT molecular complexity index is 464. The van der Waals surface area contributed by atoms with Crippen LogP contribution in [0.25, 0.3) is 0 Å². The number of rotatable bonds is 6. The van der Waals surface area contributed by atoms with Crippen LogP contribution in [0.2, 0.25) is 0 Å². The van der Waals surface area contributed by atoms with Gasteiger partial charge in [-0.1, -0.05) is 19.1 Å². The van der Waals surface area contributed by atoms with Gasteiger partial charge in [0.2, 0.25) is 5.91 Å². The fourth-order valence-corrected chi connectivity index (χ4v) is 2.98. The molecule has 0 radical (unpaired) electrons. The molecule has 2 rings (SSSR count). The van der Waals surface area contributed by atoms with Crippen LogP contribution in [0, 0.1) is 17.7 Å². The van der Waals surface area contributed by atoms with Crippen molar-refractivity contribution >= 4 is 18.3 Å². The van der Waals surface area contributed by atoms with Crippen molar-refractivity contribution in [2.75, 3.05) is 19.6 Å². The van der Waals surface area contributed by atoms with Crippen molar-refractivity contribution in [3.8, 4) is 0 Å². The molecule has 0 aliphatic carbocycles. The van der Waals surface area contributed by atoms with Crippen LogP contribution in [-0.4, -0.2) is 25.5 Å². The largest absolute Gasteiger partial charge is 0.356 e. The summed E-state index contributed by atoms with van der Waals surface area (Å²) in [6.07, 6.45) is 3.59. The van der Waals surface area contributed by atoms with Gasteiger partial charge in [-0.2, -0.15) is 0 Å². The summed E-state index contributed by atoms with van der Waals surface area (Å²) in [5, 5.41) is 6.29. The molecule has 1 fully saturated rings. The van der Waals surface area contributed by atoms with E-state index in [-0.39, 0.29) is 24.1 Å². The average molecular weight is 329 g/mol. The van der Waals surface area contributed by atoms with Crippen LogP contribution in [0.15, 0.2) is 24.3 Å². The highest BCUT2D eigenvalue weighted by Gasteiger charge is 2.21. The monoisotopic (exact) mass is 328 g/mol. The van der Waals surface area contributed by atoms with Gasteiger partial charge in [0.25, 0.3) is 0 Å². The lowest BCUT2D eigenvalue weighted by atomic mass is 9.84. The molecule has 3 nitrogen and oxygen atoms in total. The van der Waals surface area contributed by atoms with E-state index < -0.39 is 0 Å². The molecule has 0 bridgehead atoms. The van der Waals surface area contributed by atoms with E-state index in [1.165, 1.54) is 12.1 Å². The lowest BCUT2D eigenvalue weighted by Crippen LogP contribution is -2.34. The maximum absolute atomic E-state index is 13.0. The van der Waals surface area contributed by atoms with Crippen LogP contribution in [0.5, 0.6) is 0 Å². The first kappa shape index (κ1) is 18.9. The number of halogens is 2. The Morgan fingerprint density at radius 2 is 2.14 bits per heavy atom. The molecule has 0 saturated carbocycles. The number of nitrogens with one attached hydrogen (secondary N) is 2. The molecule has 124 valence electrons. The van der Waals surface area contributed by atoms with E-state index in [9.17, 15) is 9.18 Å². The van der Waals surface area contributed by atoms with Crippen molar-refractivity contribution in [2.45, 2.75) is 32.6 Å². The summed E-state index contributed by atoms with van der Waals surface area (Å²) in [5.74, 6) is 0.970. The Kier molecular flexibility index (Phi) is 8.43. The van der Waals surface area contributed by atoms with Gasteiger partial charge >= 0.3 is 0 Å². The first-order chi connectivity index (χ1) is 10.1. The van der Waals surface area contributed by atoms with Crippen molar-refractivity contribution in [1.29, 1.82) is 0 Å². The van der Waals surface area contributed by atoms with Gasteiger partial charge < -0.3 is 10.6 Å². The van der Waals surface area contributed by atoms with Gasteiger partial charge in [-0.15, -0.1) is 12.4 Å². The summed E-state index contributed by atoms with van der Waals surface area (Å²) in [6, 6.07) is 6.53. The van der Waals surface area contributed by atoms with Crippen LogP contribution in [0.3, 0.4) is 0 Å². The molecule has 1 saturated heterocycles. The third kappa shape index (κ3) is 6.32. The van der Waals surface area contributed by atoms with Gasteiger partial charge in [0.05, 0.1) is 0 Å². The summed E-state index contributed by atoms with van der Waals surface area (Å²) in [7, 11) is 0. The molecule has 2 N–H and O–H groups in total. The van der Waals surface area contributed by atoms with Crippen molar-refractivity contribution in [1.82, 2.24) is 10.6 Å². The van der Waals surface area contributed by atoms with Crippen molar-refractivity contribution in [3.05, 3.63) is 35.6 Å². The van der Waals surface area contributed by atoms with Crippen molar-refractivity contribution in [3.63, 3.8) is 0 Å². The maximum atomic E-state index is 13.0. The van der Waals surface area contributed by atoms with Crippen molar-refractivity contribution in [2.24, 2.45) is 11.8 Å². The zero-order chi connectivity index (χ0) is 15.1. The van der Waals surface area contributed by atoms with Crippen LogP contribution >= 0.6 is 12.4 Å². The highest BCUT2D eigenvalue weighted by atomic mass is 35.5. The Hall–Kier alpha value is -1.13. The van der Waals surface area contributed by atoms with E-state index in [1.54, 1.807) is 6.07 Å². The molecular formula is C17H26ClFN2O. The molecule has 1 aromatic carbocycles. The molecule has 1 heterocycles. The third-order valence-electron chi connectivity index (χ3n) is 4.32. The van der Waals surface area contributed by atoms with Crippen LogP contribution in [-0.2, 0) is 11.2 Å². The molecule has 0 spiro atoms. The predicted octanol–water partition coefficient (Wildman–Crippen LogP) is 2.93. The van der Waals surface area contributed by atoms with E-state index in [1.807, 2.05) is 6.07 Å². The normalized spacial score (nSPS) is 16.6. The third-order valence-corrected chi connectivity index (χ3v) is 4.32. The molecule has 1 atom stereocenters. The number of carbonyl (C=O) groups is 1. The minimum Gasteiger partial charge on any atom is -0.356 e. The molecule has 1 aliphatic heterocycles. The molecule has 0 aromatic heterocycles. The van der Waals surface area contributed by atoms with Crippen LogP contribution < -0.4 is 10.6 Å². The quantitative estimate of drug-likeness (QED) is 0.843. The Labute approximate surface area is 138 Å². The van der Waals surface area contributed by atoms with Gasteiger partial charge in [0.1, 0.15) is 5.82 Å². The molecule has 1 aromatic rings. The van der Waals surface area contributed by atoms with Gasteiger partial charge in [0, 0.05) is 13.0 Å². The molecule has 1 unspecified atom stereocenters. The zero-order valence-electron chi connectivity index (χ0n) is 13.1. The standard InChI is InChI=1S/C17H25FN2O.ClH/c1-13(15-6-8-19-9-7-15)11-17(21)20-10-5-14-3-2-4-16(18)12-14;/h2-4,12-13,15,19H,5-11H2,1H3,(H,20,21);1H. The van der Waals surface area contributed by atoms with Gasteiger partial charge in [-0.25, -0.2) is 4.39 Å². The summed E-state index contributed by atoms with van der Waals surface area (Å²) in [4.78, 5) is 12.0. The smallest absolute Gasteiger partial charge is 0.220 e. The summed E-state index contributed by atoms with van der Waals surface area (Å²) in [6.45, 7) is 4.87. The highest BCUT2D eigenvalue weighted by molar-refractivity contribution is 5.85. The maximum Gasteiger partial charge on any atom is 0.220 e. The van der Waals surface area contributed by atoms with E-state index in [0.717, 1.165) is 31.5 Å². The van der Waals surface area contributed by atoms with Crippen LogP contribution in [0.4, 0.5) is 4.39 Å². The molecule has 5 heteroatoms. The lowest BCUT2D eigenvalue weighted by Gasteiger charge is -2.27. The number of carbonyl (C=O) groups excluding carboxylic acids is 1. The number of amides is 1. The molecule has 1 aliphatic rings. The fourth-order valence-electron chi connectivity index (χ4n) is 2.98. The molecule has 22 heavy (non-hydrogen) atoms. The van der Waals surface area contributed by atoms with E-state index in [0.29, 0.717) is 31.2 Å². The molecular weight excluding hydrogens is 303 g/mol. The second kappa shape index (κ2) is 9.80. The second-order valence-corrected chi connectivity index (χ2v) is 6.00. The Morgan fingerprint density at radius 3 is 2.82 bits per heavy atom. The Balaban J connectivity index is 0.00000242. The van der Waals surface area contributed by atoms with Crippen LogP contribution in [0.1, 0.15) is 31.7 Å². The Morgan fingerprint density at radius 1 is 1.41 bits per heavy atom. The van der Waals surface area contributed by atoms with Crippen molar-refractivity contribution < 1.29 is 9.18 Å². The minimum absolute atomic E-state index is 0. The van der Waals surface area contributed by atoms with E-state index in [4.69, 9.17) is 0 Å². The zero-order valence-corrected chi connectivity index (χ0v) is 13.9. The number of hydrogen-bond donors (Lipinski definition) is 2. The molecule has 1 amide bonds. The number of piperidine rings is 1. The first-order valence-corrected chi connectivity index (χ1v) is 7.87. The second-order valence-electron chi connectivity index (χ2n) is 6.00. The number of hydrogen-bond acceptors (Lipinski definition) is 2.